The van der Waals surface area contributed by atoms with Gasteiger partial charge in [0.2, 0.25) is 5.91 Å². The van der Waals surface area contributed by atoms with Crippen LogP contribution in [-0.2, 0) is 9.53 Å². The summed E-state index contributed by atoms with van der Waals surface area (Å²) in [6.07, 6.45) is 1.55. The predicted octanol–water partition coefficient (Wildman–Crippen LogP) is 0.278. The van der Waals surface area contributed by atoms with Crippen molar-refractivity contribution in [3.05, 3.63) is 0 Å². The van der Waals surface area contributed by atoms with Gasteiger partial charge in [0.15, 0.2) is 0 Å². The molecule has 3 N–H and O–H groups in total. The van der Waals surface area contributed by atoms with Crippen LogP contribution in [0.3, 0.4) is 0 Å². The van der Waals surface area contributed by atoms with E-state index in [1.807, 2.05) is 20.9 Å². The minimum absolute atomic E-state index is 0.0361. The van der Waals surface area contributed by atoms with Crippen LogP contribution in [-0.4, -0.2) is 54.2 Å². The smallest absolute Gasteiger partial charge is 0.246 e. The van der Waals surface area contributed by atoms with Crippen LogP contribution in [0, 0.1) is 0 Å². The summed E-state index contributed by atoms with van der Waals surface area (Å²) >= 11 is 5.12. The van der Waals surface area contributed by atoms with E-state index in [1.165, 1.54) is 0 Å². The van der Waals surface area contributed by atoms with Crippen LogP contribution in [0.1, 0.15) is 26.7 Å². The van der Waals surface area contributed by atoms with Crippen molar-refractivity contribution in [2.75, 3.05) is 26.7 Å². The molecule has 1 saturated heterocycles. The average molecular weight is 273 g/mol. The van der Waals surface area contributed by atoms with Gasteiger partial charge in [0.25, 0.3) is 0 Å². The molecule has 1 heterocycles. The summed E-state index contributed by atoms with van der Waals surface area (Å²) in [4.78, 5) is 14.4. The number of ether oxygens (including phenoxy) is 1. The minimum Gasteiger partial charge on any atom is -0.391 e. The van der Waals surface area contributed by atoms with Crippen molar-refractivity contribution in [2.24, 2.45) is 5.73 Å². The lowest BCUT2D eigenvalue weighted by molar-refractivity contribution is -0.128. The number of nitrogens with two attached hydrogens (primary N) is 1. The summed E-state index contributed by atoms with van der Waals surface area (Å²) in [5.41, 5.74) is 5.27. The number of carbonyl (C=O) groups excluding carboxylic acids is 1. The van der Waals surface area contributed by atoms with Gasteiger partial charge in [-0.25, -0.2) is 0 Å². The lowest BCUT2D eigenvalue weighted by Crippen LogP contribution is -2.61. The van der Waals surface area contributed by atoms with Gasteiger partial charge in [-0.15, -0.1) is 0 Å². The van der Waals surface area contributed by atoms with E-state index >= 15 is 0 Å². The van der Waals surface area contributed by atoms with Gasteiger partial charge < -0.3 is 20.7 Å². The molecule has 5 nitrogen and oxygen atoms in total. The lowest BCUT2D eigenvalue weighted by Gasteiger charge is -2.40. The Kier molecular flexibility index (Phi) is 5.49. The van der Waals surface area contributed by atoms with Crippen LogP contribution < -0.4 is 11.1 Å². The second-order valence-corrected chi connectivity index (χ2v) is 5.60. The molecule has 0 spiro atoms. The van der Waals surface area contributed by atoms with Crippen molar-refractivity contribution in [1.82, 2.24) is 10.2 Å². The van der Waals surface area contributed by atoms with Gasteiger partial charge in [-0.2, -0.15) is 0 Å². The molecule has 0 aromatic heterocycles. The van der Waals surface area contributed by atoms with E-state index in [9.17, 15) is 4.79 Å². The standard InChI is InChI=1S/C12H23N3O2S/c1-9(2)17-8-10(16)14-12(11(13)18)4-6-15(3)7-5-12/h9H,4-8H2,1-3H3,(H2,13,18)(H,14,16). The number of rotatable bonds is 5. The number of nitrogens with zero attached hydrogens (tertiary/aromatic N) is 1. The summed E-state index contributed by atoms with van der Waals surface area (Å²) in [6.45, 7) is 5.60. The third-order valence-electron chi connectivity index (χ3n) is 3.24. The first-order valence-corrected chi connectivity index (χ1v) is 6.67. The van der Waals surface area contributed by atoms with E-state index in [1.54, 1.807) is 0 Å². The Labute approximate surface area is 114 Å². The molecule has 104 valence electrons. The Hall–Kier alpha value is -0.720. The fourth-order valence-corrected chi connectivity index (χ4v) is 2.23. The molecule has 6 heteroatoms. The second-order valence-electron chi connectivity index (χ2n) is 5.16. The van der Waals surface area contributed by atoms with Gasteiger partial charge in [0, 0.05) is 13.1 Å². The monoisotopic (exact) mass is 273 g/mol. The number of nitrogens with one attached hydrogen (secondary N) is 1. The molecule has 18 heavy (non-hydrogen) atoms. The molecule has 1 fully saturated rings. The van der Waals surface area contributed by atoms with Crippen molar-refractivity contribution >= 4 is 23.1 Å². The molecule has 0 aliphatic carbocycles. The van der Waals surface area contributed by atoms with Gasteiger partial charge in [-0.3, -0.25) is 4.79 Å². The van der Waals surface area contributed by atoms with Gasteiger partial charge in [0.05, 0.1) is 16.6 Å². The van der Waals surface area contributed by atoms with Crippen LogP contribution in [0.2, 0.25) is 0 Å². The molecule has 0 aromatic carbocycles. The Bertz CT molecular complexity index is 312. The van der Waals surface area contributed by atoms with Crippen molar-refractivity contribution in [1.29, 1.82) is 0 Å². The van der Waals surface area contributed by atoms with E-state index in [0.29, 0.717) is 4.99 Å². The maximum absolute atomic E-state index is 11.8. The first-order valence-electron chi connectivity index (χ1n) is 6.27. The summed E-state index contributed by atoms with van der Waals surface area (Å²) in [7, 11) is 2.05. The van der Waals surface area contributed by atoms with E-state index in [4.69, 9.17) is 22.7 Å². The third-order valence-corrected chi connectivity index (χ3v) is 3.63. The normalized spacial score (nSPS) is 19.8. The second kappa shape index (κ2) is 6.45. The maximum Gasteiger partial charge on any atom is 0.246 e. The highest BCUT2D eigenvalue weighted by atomic mass is 32.1. The highest BCUT2D eigenvalue weighted by Gasteiger charge is 2.37. The lowest BCUT2D eigenvalue weighted by atomic mass is 9.87. The van der Waals surface area contributed by atoms with Crippen LogP contribution in [0.5, 0.6) is 0 Å². The quantitative estimate of drug-likeness (QED) is 0.704. The third kappa shape index (κ3) is 4.19. The van der Waals surface area contributed by atoms with Crippen LogP contribution in [0.25, 0.3) is 0 Å². The molecular formula is C12H23N3O2S. The predicted molar refractivity (Wildman–Crippen MR) is 75.5 cm³/mol. The molecule has 0 saturated carbocycles. The number of likely N-dealkylation sites (tertiary alicyclic amines) is 1. The molecule has 1 amide bonds. The zero-order valence-electron chi connectivity index (χ0n) is 11.4. The molecule has 0 unspecified atom stereocenters. The highest BCUT2D eigenvalue weighted by molar-refractivity contribution is 7.80. The first-order chi connectivity index (χ1) is 8.35. The topological polar surface area (TPSA) is 67.6 Å². The van der Waals surface area contributed by atoms with Gasteiger partial charge in [-0.05, 0) is 33.7 Å². The SMILES string of the molecule is CC(C)OCC(=O)NC1(C(N)=S)CCN(C)CC1. The zero-order valence-corrected chi connectivity index (χ0v) is 12.2. The molecular weight excluding hydrogens is 250 g/mol. The average Bonchev–Trinajstić information content (AvgIpc) is 2.29. The van der Waals surface area contributed by atoms with Crippen molar-refractivity contribution in [3.8, 4) is 0 Å². The summed E-state index contributed by atoms with van der Waals surface area (Å²) in [5.74, 6) is -0.152. The summed E-state index contributed by atoms with van der Waals surface area (Å²) in [6, 6.07) is 0. The van der Waals surface area contributed by atoms with Crippen LogP contribution in [0.15, 0.2) is 0 Å². The van der Waals surface area contributed by atoms with Crippen molar-refractivity contribution in [2.45, 2.75) is 38.3 Å². The number of thiocarbonyl (C=S) groups is 1. The van der Waals surface area contributed by atoms with Crippen LogP contribution in [0.4, 0.5) is 0 Å². The maximum atomic E-state index is 11.8. The largest absolute Gasteiger partial charge is 0.391 e. The Balaban J connectivity index is 2.58. The summed E-state index contributed by atoms with van der Waals surface area (Å²) < 4.78 is 5.28. The molecule has 0 aromatic rings. The molecule has 0 radical (unpaired) electrons. The van der Waals surface area contributed by atoms with E-state index in [0.717, 1.165) is 25.9 Å². The number of amides is 1. The van der Waals surface area contributed by atoms with Gasteiger partial charge >= 0.3 is 0 Å². The Morgan fingerprint density at radius 2 is 2.06 bits per heavy atom. The van der Waals surface area contributed by atoms with Crippen LogP contribution >= 0.6 is 12.2 Å². The van der Waals surface area contributed by atoms with Crippen molar-refractivity contribution in [3.63, 3.8) is 0 Å². The first kappa shape index (κ1) is 15.3. The molecule has 0 bridgehead atoms. The molecule has 0 atom stereocenters. The summed E-state index contributed by atoms with van der Waals surface area (Å²) in [5, 5.41) is 2.95. The zero-order chi connectivity index (χ0) is 13.8. The van der Waals surface area contributed by atoms with E-state index < -0.39 is 5.54 Å². The molecule has 1 aliphatic heterocycles. The molecule has 1 rings (SSSR count). The number of piperidine rings is 1. The number of hydrogen-bond donors (Lipinski definition) is 2. The number of hydrogen-bond acceptors (Lipinski definition) is 4. The fraction of sp³-hybridized carbons (Fsp3) is 0.833. The molecule has 1 aliphatic rings. The highest BCUT2D eigenvalue weighted by Crippen LogP contribution is 2.22. The van der Waals surface area contributed by atoms with E-state index in [2.05, 4.69) is 10.2 Å². The van der Waals surface area contributed by atoms with E-state index in [-0.39, 0.29) is 18.6 Å². The van der Waals surface area contributed by atoms with Gasteiger partial charge in [0.1, 0.15) is 6.61 Å². The number of carbonyl (C=O) groups is 1. The minimum atomic E-state index is -0.542. The Morgan fingerprint density at radius 3 is 2.50 bits per heavy atom. The fourth-order valence-electron chi connectivity index (χ4n) is 1.98. The Morgan fingerprint density at radius 1 is 1.50 bits per heavy atom. The van der Waals surface area contributed by atoms with Crippen molar-refractivity contribution < 1.29 is 9.53 Å². The van der Waals surface area contributed by atoms with Gasteiger partial charge in [-0.1, -0.05) is 12.2 Å².